The van der Waals surface area contributed by atoms with Crippen molar-refractivity contribution >= 4 is 22.1 Å². The zero-order chi connectivity index (χ0) is 47.3. The second-order valence-corrected chi connectivity index (χ2v) is 21.4. The van der Waals surface area contributed by atoms with Gasteiger partial charge in [-0.3, -0.25) is 9.35 Å². The number of hydrogen-bond donors (Lipinski definition) is 2. The van der Waals surface area contributed by atoms with Crippen LogP contribution in [0.4, 0.5) is 0 Å². The molecule has 0 heterocycles. The average Bonchev–Trinajstić information content (AvgIpc) is 3.27. The Kier molecular flexibility index (Phi) is 48.9. The first-order valence-electron chi connectivity index (χ1n) is 28.1. The maximum Gasteiger partial charge on any atom is 1.00 e. The van der Waals surface area contributed by atoms with Gasteiger partial charge in [-0.2, -0.15) is 8.42 Å². The Labute approximate surface area is 427 Å². The first kappa shape index (κ1) is 66.9. The van der Waals surface area contributed by atoms with Crippen molar-refractivity contribution in [3.8, 4) is 0 Å². The Morgan fingerprint density at radius 2 is 0.631 bits per heavy atom. The minimum atomic E-state index is -4.24. The van der Waals surface area contributed by atoms with E-state index in [1.54, 1.807) is 0 Å². The molecule has 10 heteroatoms. The summed E-state index contributed by atoms with van der Waals surface area (Å²) in [7, 11) is -4.24. The van der Waals surface area contributed by atoms with Gasteiger partial charge in [-0.15, -0.1) is 0 Å². The van der Waals surface area contributed by atoms with Gasteiger partial charge in [-0.25, -0.2) is 4.79 Å². The maximum absolute atomic E-state index is 14.9. The molecule has 0 rings (SSSR count). The monoisotopic (exact) mass is 953 g/mol. The van der Waals surface area contributed by atoms with Crippen LogP contribution in [0.2, 0.25) is 0 Å². The maximum atomic E-state index is 14.9. The van der Waals surface area contributed by atoms with E-state index in [4.69, 9.17) is 9.47 Å². The molecule has 0 saturated heterocycles. The second kappa shape index (κ2) is 47.5. The quantitative estimate of drug-likeness (QED) is 0.0267. The summed E-state index contributed by atoms with van der Waals surface area (Å²) >= 11 is 0. The summed E-state index contributed by atoms with van der Waals surface area (Å²) < 4.78 is 44.4. The number of aliphatic hydroxyl groups is 1. The van der Waals surface area contributed by atoms with Crippen LogP contribution in [0.25, 0.3) is 0 Å². The third kappa shape index (κ3) is 37.3. The van der Waals surface area contributed by atoms with Crippen LogP contribution in [-0.2, 0) is 29.2 Å². The first-order chi connectivity index (χ1) is 31.0. The number of unbranched alkanes of at least 4 members (excludes halogenated alkanes) is 36. The molecule has 8 nitrogen and oxygen atoms in total. The van der Waals surface area contributed by atoms with Gasteiger partial charge in [-0.05, 0) is 38.5 Å². The fraction of sp³-hybridized carbons (Fsp3) is 0.964. The third-order valence-electron chi connectivity index (χ3n) is 13.8. The number of rotatable bonds is 51. The Bertz CT molecular complexity index is 1130. The van der Waals surface area contributed by atoms with Crippen molar-refractivity contribution in [1.29, 1.82) is 0 Å². The summed E-state index contributed by atoms with van der Waals surface area (Å²) in [4.78, 5) is 29.4. The Morgan fingerprint density at radius 1 is 0.385 bits per heavy atom. The van der Waals surface area contributed by atoms with Gasteiger partial charge in [0.25, 0.3) is 10.1 Å². The van der Waals surface area contributed by atoms with E-state index < -0.39 is 38.8 Å². The minimum Gasteiger partial charge on any atom is -1.00 e. The van der Waals surface area contributed by atoms with E-state index in [2.05, 4.69) is 27.7 Å². The van der Waals surface area contributed by atoms with Crippen molar-refractivity contribution in [3.63, 3.8) is 0 Å². The van der Waals surface area contributed by atoms with Crippen LogP contribution < -0.4 is 29.6 Å². The smallest absolute Gasteiger partial charge is 1.00 e. The largest absolute Gasteiger partial charge is 1.00 e. The van der Waals surface area contributed by atoms with E-state index in [0.29, 0.717) is 32.1 Å². The van der Waals surface area contributed by atoms with E-state index >= 15 is 0 Å². The third-order valence-corrected chi connectivity index (χ3v) is 14.6. The number of carbonyl (C=O) groups excluding carboxylic acids is 2. The average molecular weight is 954 g/mol. The van der Waals surface area contributed by atoms with Crippen molar-refractivity contribution in [2.75, 3.05) is 19.0 Å². The number of esters is 2. The molecular weight excluding hydrogens is 844 g/mol. The summed E-state index contributed by atoms with van der Waals surface area (Å²) in [5, 5.41) is 13.1. The van der Waals surface area contributed by atoms with Crippen molar-refractivity contribution in [2.45, 2.75) is 316 Å². The van der Waals surface area contributed by atoms with Crippen molar-refractivity contribution in [2.24, 2.45) is 5.41 Å². The van der Waals surface area contributed by atoms with Crippen LogP contribution >= 0.6 is 0 Å². The van der Waals surface area contributed by atoms with E-state index in [1.165, 1.54) is 161 Å². The molecule has 0 aromatic rings. The first-order valence-corrected chi connectivity index (χ1v) is 29.7. The fourth-order valence-electron chi connectivity index (χ4n) is 9.56. The van der Waals surface area contributed by atoms with E-state index in [1.807, 2.05) is 0 Å². The van der Waals surface area contributed by atoms with Crippen LogP contribution in [0.5, 0.6) is 0 Å². The Hall–Kier alpha value is -0.190. The normalized spacial score (nSPS) is 12.8. The van der Waals surface area contributed by atoms with Gasteiger partial charge in [-0.1, -0.05) is 272 Å². The Morgan fingerprint density at radius 3 is 0.938 bits per heavy atom. The van der Waals surface area contributed by atoms with E-state index in [0.717, 1.165) is 77.0 Å². The molecule has 0 saturated carbocycles. The van der Waals surface area contributed by atoms with Crippen molar-refractivity contribution in [1.82, 2.24) is 0 Å². The summed E-state index contributed by atoms with van der Waals surface area (Å²) in [5.41, 5.74) is -3.58. The molecule has 2 N–H and O–H groups in total. The number of hydrogen-bond acceptors (Lipinski definition) is 7. The molecular formula is C55H109NaO8S. The molecule has 65 heavy (non-hydrogen) atoms. The molecule has 0 aliphatic carbocycles. The van der Waals surface area contributed by atoms with Gasteiger partial charge in [0, 0.05) is 0 Å². The fourth-order valence-corrected chi connectivity index (χ4v) is 10.0. The van der Waals surface area contributed by atoms with Crippen LogP contribution in [0.1, 0.15) is 312 Å². The summed E-state index contributed by atoms with van der Waals surface area (Å²) in [5.74, 6) is -1.87. The van der Waals surface area contributed by atoms with E-state index in [9.17, 15) is 27.7 Å². The number of ether oxygens (including phenoxy) is 2. The molecule has 0 fully saturated rings. The van der Waals surface area contributed by atoms with Crippen LogP contribution in [-0.4, -0.2) is 54.6 Å². The van der Waals surface area contributed by atoms with Gasteiger partial charge in [0.1, 0.15) is 5.41 Å². The molecule has 0 aromatic carbocycles. The van der Waals surface area contributed by atoms with Crippen LogP contribution in [0, 0.1) is 5.41 Å². The molecule has 0 radical (unpaired) electrons. The van der Waals surface area contributed by atoms with Crippen LogP contribution in [0.3, 0.4) is 0 Å². The molecule has 384 valence electrons. The minimum absolute atomic E-state index is 0. The predicted molar refractivity (Wildman–Crippen MR) is 273 cm³/mol. The molecule has 1 atom stereocenters. The molecule has 0 aliphatic rings. The molecule has 0 amide bonds. The molecule has 0 aliphatic heterocycles. The zero-order valence-electron chi connectivity index (χ0n) is 45.0. The van der Waals surface area contributed by atoms with Gasteiger partial charge in [0.2, 0.25) is 0 Å². The van der Waals surface area contributed by atoms with Gasteiger partial charge < -0.3 is 16.0 Å². The standard InChI is InChI=1S/C55H108O8S.Na.H/c1-5-9-13-17-21-25-29-33-37-41-46-54(47-42-38-34-30-26-22-18-14-10-6-2,52(56)62-49-44-40-36-32-28-24-20-16-12-8-4)55(58,53(57)63-50-45-51-64(59,60)61)48-43-39-35-31-27-23-19-15-11-7-3;;/h58H,5-51H2,1-4H3,(H,59,60,61);;/q;+1;-1. The Balaban J connectivity index is -0.0000198. The SMILES string of the molecule is CCCCCCCCCCCCOC(=O)C(CCCCCCCCCCCC)(CCCCCCCCCCCC)C(O)(CCCCCCCCCCCC)C(=O)OCCCS(=O)(=O)O.[H-].[Na+]. The zero-order valence-corrected chi connectivity index (χ0v) is 46.8. The number of carbonyl (C=O) groups is 2. The van der Waals surface area contributed by atoms with Gasteiger partial charge in [0.05, 0.1) is 19.0 Å². The van der Waals surface area contributed by atoms with Crippen molar-refractivity contribution < 1.29 is 68.1 Å². The molecule has 0 aromatic heterocycles. The summed E-state index contributed by atoms with van der Waals surface area (Å²) in [6, 6.07) is 0. The topological polar surface area (TPSA) is 127 Å². The van der Waals surface area contributed by atoms with E-state index in [-0.39, 0.29) is 57.0 Å². The van der Waals surface area contributed by atoms with Crippen LogP contribution in [0.15, 0.2) is 0 Å². The second-order valence-electron chi connectivity index (χ2n) is 19.8. The van der Waals surface area contributed by atoms with Crippen molar-refractivity contribution in [3.05, 3.63) is 0 Å². The van der Waals surface area contributed by atoms with Gasteiger partial charge in [0.15, 0.2) is 5.60 Å². The predicted octanol–water partition coefficient (Wildman–Crippen LogP) is 14.0. The molecule has 1 unspecified atom stereocenters. The van der Waals surface area contributed by atoms with Gasteiger partial charge >= 0.3 is 41.5 Å². The molecule has 0 bridgehead atoms. The summed E-state index contributed by atoms with van der Waals surface area (Å²) in [6.45, 7) is 8.97. The summed E-state index contributed by atoms with van der Waals surface area (Å²) in [6.07, 6.45) is 46.2. The molecule has 0 spiro atoms.